The zero-order chi connectivity index (χ0) is 18.0. The zero-order valence-electron chi connectivity index (χ0n) is 14.5. The van der Waals surface area contributed by atoms with E-state index < -0.39 is 22.7 Å². The largest absolute Gasteiger partial charge is 0.387 e. The molecule has 134 valence electrons. The molecule has 2 N–H and O–H groups in total. The minimum Gasteiger partial charge on any atom is -0.387 e. The van der Waals surface area contributed by atoms with Crippen LogP contribution in [0.15, 0.2) is 18.2 Å². The van der Waals surface area contributed by atoms with Crippen molar-refractivity contribution >= 4 is 5.91 Å². The SMILES string of the molecule is CN(C)CC(C)(O)CNC(=O)C1(c2ccc(F)cc2F)CCCC1. The molecule has 1 aromatic carbocycles. The number of hydrogen-bond donors (Lipinski definition) is 2. The summed E-state index contributed by atoms with van der Waals surface area (Å²) < 4.78 is 27.5. The second-order valence-corrected chi connectivity index (χ2v) is 7.33. The molecule has 1 fully saturated rings. The van der Waals surface area contributed by atoms with Gasteiger partial charge < -0.3 is 15.3 Å². The van der Waals surface area contributed by atoms with Crippen LogP contribution in [0.1, 0.15) is 38.2 Å². The fourth-order valence-electron chi connectivity index (χ4n) is 3.65. The van der Waals surface area contributed by atoms with Crippen LogP contribution in [0.25, 0.3) is 0 Å². The lowest BCUT2D eigenvalue weighted by Crippen LogP contribution is -2.51. The Morgan fingerprint density at radius 2 is 1.96 bits per heavy atom. The van der Waals surface area contributed by atoms with E-state index in [9.17, 15) is 18.7 Å². The topological polar surface area (TPSA) is 52.6 Å². The van der Waals surface area contributed by atoms with Crippen molar-refractivity contribution in [3.63, 3.8) is 0 Å². The maximum Gasteiger partial charge on any atom is 0.230 e. The van der Waals surface area contributed by atoms with Crippen molar-refractivity contribution < 1.29 is 18.7 Å². The normalized spacial score (nSPS) is 19.3. The number of nitrogens with zero attached hydrogens (tertiary/aromatic N) is 1. The molecule has 1 saturated carbocycles. The molecule has 1 aliphatic rings. The summed E-state index contributed by atoms with van der Waals surface area (Å²) in [6, 6.07) is 3.38. The Labute approximate surface area is 141 Å². The number of hydrogen-bond acceptors (Lipinski definition) is 3. The van der Waals surface area contributed by atoms with E-state index in [0.717, 1.165) is 18.9 Å². The highest BCUT2D eigenvalue weighted by molar-refractivity contribution is 5.88. The van der Waals surface area contributed by atoms with Gasteiger partial charge in [0.05, 0.1) is 11.0 Å². The fraction of sp³-hybridized carbons (Fsp3) is 0.611. The second kappa shape index (κ2) is 7.15. The van der Waals surface area contributed by atoms with Crippen molar-refractivity contribution in [2.75, 3.05) is 27.2 Å². The van der Waals surface area contributed by atoms with Gasteiger partial charge in [-0.05, 0) is 39.9 Å². The molecule has 0 spiro atoms. The number of halogens is 2. The lowest BCUT2D eigenvalue weighted by Gasteiger charge is -2.32. The van der Waals surface area contributed by atoms with Crippen molar-refractivity contribution in [1.29, 1.82) is 0 Å². The highest BCUT2D eigenvalue weighted by Crippen LogP contribution is 2.42. The summed E-state index contributed by atoms with van der Waals surface area (Å²) in [5.74, 6) is -1.64. The first kappa shape index (κ1) is 18.8. The summed E-state index contributed by atoms with van der Waals surface area (Å²) in [6.07, 6.45) is 2.69. The predicted octanol–water partition coefficient (Wildman–Crippen LogP) is 2.21. The van der Waals surface area contributed by atoms with Crippen LogP contribution in [-0.2, 0) is 10.2 Å². The zero-order valence-corrected chi connectivity index (χ0v) is 14.5. The quantitative estimate of drug-likeness (QED) is 0.835. The van der Waals surface area contributed by atoms with E-state index in [4.69, 9.17) is 0 Å². The van der Waals surface area contributed by atoms with E-state index in [1.165, 1.54) is 12.1 Å². The molecule has 1 unspecified atom stereocenters. The highest BCUT2D eigenvalue weighted by atomic mass is 19.1. The van der Waals surface area contributed by atoms with E-state index in [2.05, 4.69) is 5.32 Å². The monoisotopic (exact) mass is 340 g/mol. The molecule has 0 saturated heterocycles. The first-order valence-corrected chi connectivity index (χ1v) is 8.27. The van der Waals surface area contributed by atoms with E-state index in [1.54, 1.807) is 6.92 Å². The van der Waals surface area contributed by atoms with E-state index in [1.807, 2.05) is 19.0 Å². The number of rotatable bonds is 6. The third-order valence-corrected chi connectivity index (χ3v) is 4.63. The number of carbonyl (C=O) groups is 1. The summed E-state index contributed by atoms with van der Waals surface area (Å²) in [7, 11) is 3.67. The Morgan fingerprint density at radius 1 is 1.33 bits per heavy atom. The van der Waals surface area contributed by atoms with Gasteiger partial charge in [-0.1, -0.05) is 18.9 Å². The Bertz CT molecular complexity index is 597. The molecule has 0 aromatic heterocycles. The third-order valence-electron chi connectivity index (χ3n) is 4.63. The van der Waals surface area contributed by atoms with Crippen molar-refractivity contribution in [3.8, 4) is 0 Å². The van der Waals surface area contributed by atoms with Crippen LogP contribution in [0.4, 0.5) is 8.78 Å². The van der Waals surface area contributed by atoms with Crippen LogP contribution in [0.2, 0.25) is 0 Å². The summed E-state index contributed by atoms with van der Waals surface area (Å²) in [5, 5.41) is 13.1. The predicted molar refractivity (Wildman–Crippen MR) is 88.7 cm³/mol. The van der Waals surface area contributed by atoms with E-state index in [-0.39, 0.29) is 18.0 Å². The number of aliphatic hydroxyl groups is 1. The Morgan fingerprint density at radius 3 is 2.50 bits per heavy atom. The molecule has 0 bridgehead atoms. The number of benzene rings is 1. The van der Waals surface area contributed by atoms with Crippen LogP contribution >= 0.6 is 0 Å². The molecule has 1 aliphatic carbocycles. The van der Waals surface area contributed by atoms with Gasteiger partial charge in [0.15, 0.2) is 0 Å². The van der Waals surface area contributed by atoms with Crippen molar-refractivity contribution in [1.82, 2.24) is 10.2 Å². The number of nitrogens with one attached hydrogen (secondary N) is 1. The maximum absolute atomic E-state index is 14.3. The van der Waals surface area contributed by atoms with Gasteiger partial charge in [0.1, 0.15) is 11.6 Å². The summed E-state index contributed by atoms with van der Waals surface area (Å²) in [5.41, 5.74) is -1.82. The fourth-order valence-corrected chi connectivity index (χ4v) is 3.65. The van der Waals surface area contributed by atoms with Crippen molar-refractivity contribution in [3.05, 3.63) is 35.4 Å². The molecular weight excluding hydrogens is 314 g/mol. The average Bonchev–Trinajstić information content (AvgIpc) is 2.94. The minimum absolute atomic E-state index is 0.0780. The van der Waals surface area contributed by atoms with Gasteiger partial charge in [0.2, 0.25) is 5.91 Å². The molecule has 1 aromatic rings. The Kier molecular flexibility index (Phi) is 5.60. The van der Waals surface area contributed by atoms with Crippen LogP contribution in [0.5, 0.6) is 0 Å². The average molecular weight is 340 g/mol. The summed E-state index contributed by atoms with van der Waals surface area (Å²) >= 11 is 0. The van der Waals surface area contributed by atoms with Gasteiger partial charge in [-0.25, -0.2) is 8.78 Å². The van der Waals surface area contributed by atoms with Gasteiger partial charge in [-0.15, -0.1) is 0 Å². The molecule has 1 amide bonds. The third kappa shape index (κ3) is 4.11. The van der Waals surface area contributed by atoms with Gasteiger partial charge in [0.25, 0.3) is 0 Å². The molecule has 0 aliphatic heterocycles. The number of amides is 1. The van der Waals surface area contributed by atoms with Crippen LogP contribution < -0.4 is 5.32 Å². The Hall–Kier alpha value is -1.53. The smallest absolute Gasteiger partial charge is 0.230 e. The molecule has 2 rings (SSSR count). The number of likely N-dealkylation sites (N-methyl/N-ethyl adjacent to an activating group) is 1. The standard InChI is InChI=1S/C18H26F2N2O2/c1-17(24,12-22(2)3)11-21-16(23)18(8-4-5-9-18)14-7-6-13(19)10-15(14)20/h6-7,10,24H,4-5,8-9,11-12H2,1-3H3,(H,21,23). The molecular formula is C18H26F2N2O2. The van der Waals surface area contributed by atoms with Crippen LogP contribution in [0.3, 0.4) is 0 Å². The Balaban J connectivity index is 2.19. The molecule has 1 atom stereocenters. The molecule has 0 radical (unpaired) electrons. The number of carbonyl (C=O) groups excluding carboxylic acids is 1. The molecule has 4 nitrogen and oxygen atoms in total. The van der Waals surface area contributed by atoms with Gasteiger partial charge in [0, 0.05) is 24.7 Å². The van der Waals surface area contributed by atoms with Crippen LogP contribution in [0, 0.1) is 11.6 Å². The molecule has 6 heteroatoms. The van der Waals surface area contributed by atoms with Gasteiger partial charge >= 0.3 is 0 Å². The summed E-state index contributed by atoms with van der Waals surface area (Å²) in [6.45, 7) is 2.12. The van der Waals surface area contributed by atoms with E-state index in [0.29, 0.717) is 19.4 Å². The lowest BCUT2D eigenvalue weighted by molar-refractivity contribution is -0.128. The first-order valence-electron chi connectivity index (χ1n) is 8.27. The van der Waals surface area contributed by atoms with Crippen molar-refractivity contribution in [2.45, 2.75) is 43.6 Å². The van der Waals surface area contributed by atoms with Crippen LogP contribution in [-0.4, -0.2) is 48.7 Å². The maximum atomic E-state index is 14.3. The molecule has 0 heterocycles. The lowest BCUT2D eigenvalue weighted by atomic mass is 9.77. The molecule has 24 heavy (non-hydrogen) atoms. The summed E-state index contributed by atoms with van der Waals surface area (Å²) in [4.78, 5) is 14.7. The van der Waals surface area contributed by atoms with Crippen molar-refractivity contribution in [2.24, 2.45) is 0 Å². The van der Waals surface area contributed by atoms with E-state index >= 15 is 0 Å². The first-order chi connectivity index (χ1) is 11.2. The second-order valence-electron chi connectivity index (χ2n) is 7.33. The highest BCUT2D eigenvalue weighted by Gasteiger charge is 2.44. The van der Waals surface area contributed by atoms with Gasteiger partial charge in [-0.2, -0.15) is 0 Å². The minimum atomic E-state index is -1.08. The van der Waals surface area contributed by atoms with Gasteiger partial charge in [-0.3, -0.25) is 4.79 Å².